The lowest BCUT2D eigenvalue weighted by atomic mass is 10.1. The van der Waals surface area contributed by atoms with Crippen LogP contribution in [0.15, 0.2) is 11.4 Å². The number of aliphatic hydroxyl groups excluding tert-OH is 2. The molecule has 0 bridgehead atoms. The third-order valence-electron chi connectivity index (χ3n) is 1.77. The van der Waals surface area contributed by atoms with Crippen LogP contribution in [-0.4, -0.2) is 37.9 Å². The van der Waals surface area contributed by atoms with Crippen LogP contribution < -0.4 is 0 Å². The Morgan fingerprint density at radius 3 is 2.73 bits per heavy atom. The van der Waals surface area contributed by atoms with E-state index < -0.39 is 12.2 Å². The lowest BCUT2D eigenvalue weighted by Crippen LogP contribution is -2.20. The van der Waals surface area contributed by atoms with Gasteiger partial charge in [-0.1, -0.05) is 39.3 Å². The number of alkyl halides is 1. The van der Waals surface area contributed by atoms with Gasteiger partial charge in [-0.3, -0.25) is 0 Å². The second kappa shape index (κ2) is 6.00. The van der Waals surface area contributed by atoms with Crippen LogP contribution in [0.5, 0.6) is 0 Å². The summed E-state index contributed by atoms with van der Waals surface area (Å²) in [7, 11) is 0. The van der Waals surface area contributed by atoms with Crippen LogP contribution in [0.25, 0.3) is 0 Å². The number of halogens is 2. The molecular formula is C8H10BrClN2O2S. The van der Waals surface area contributed by atoms with E-state index in [1.807, 2.05) is 6.26 Å². The van der Waals surface area contributed by atoms with Gasteiger partial charge in [0.2, 0.25) is 0 Å². The Morgan fingerprint density at radius 2 is 2.27 bits per heavy atom. The first kappa shape index (κ1) is 13.2. The van der Waals surface area contributed by atoms with Gasteiger partial charge in [0.05, 0.1) is 6.10 Å². The predicted octanol–water partition coefficient (Wildman–Crippen LogP) is 1.64. The second-order valence-corrected chi connectivity index (χ2v) is 4.55. The number of thioether (sulfide) groups is 1. The Hall–Kier alpha value is 0.120. The highest BCUT2D eigenvalue weighted by Crippen LogP contribution is 2.25. The topological polar surface area (TPSA) is 66.2 Å². The van der Waals surface area contributed by atoms with Crippen molar-refractivity contribution in [1.29, 1.82) is 0 Å². The SMILES string of the molecule is CSc1ncc(C(O)C(O)CBr)c(Cl)n1. The molecule has 2 unspecified atom stereocenters. The molecule has 0 aromatic carbocycles. The highest BCUT2D eigenvalue weighted by Gasteiger charge is 2.21. The summed E-state index contributed by atoms with van der Waals surface area (Å²) in [5, 5.41) is 20.1. The Labute approximate surface area is 105 Å². The Kier molecular flexibility index (Phi) is 5.28. The van der Waals surface area contributed by atoms with Gasteiger partial charge in [-0.15, -0.1) is 0 Å². The molecular weight excluding hydrogens is 304 g/mol. The molecule has 2 N–H and O–H groups in total. The number of rotatable bonds is 4. The molecule has 0 aliphatic heterocycles. The summed E-state index contributed by atoms with van der Waals surface area (Å²) in [6, 6.07) is 0. The first-order chi connectivity index (χ1) is 7.10. The van der Waals surface area contributed by atoms with E-state index in [4.69, 9.17) is 11.6 Å². The maximum absolute atomic E-state index is 9.68. The van der Waals surface area contributed by atoms with Gasteiger partial charge in [-0.25, -0.2) is 9.97 Å². The summed E-state index contributed by atoms with van der Waals surface area (Å²) >= 11 is 10.3. The van der Waals surface area contributed by atoms with Crippen LogP contribution >= 0.6 is 39.3 Å². The zero-order valence-electron chi connectivity index (χ0n) is 7.89. The molecule has 4 nitrogen and oxygen atoms in total. The van der Waals surface area contributed by atoms with Crippen molar-refractivity contribution in [2.75, 3.05) is 11.6 Å². The van der Waals surface area contributed by atoms with Crippen molar-refractivity contribution in [3.8, 4) is 0 Å². The molecule has 0 aliphatic carbocycles. The third kappa shape index (κ3) is 3.29. The minimum atomic E-state index is -1.08. The van der Waals surface area contributed by atoms with E-state index in [1.165, 1.54) is 18.0 Å². The van der Waals surface area contributed by atoms with Crippen LogP contribution in [0.4, 0.5) is 0 Å². The number of hydrogen-bond donors (Lipinski definition) is 2. The van der Waals surface area contributed by atoms with Crippen LogP contribution in [0.1, 0.15) is 11.7 Å². The Morgan fingerprint density at radius 1 is 1.60 bits per heavy atom. The minimum Gasteiger partial charge on any atom is -0.389 e. The van der Waals surface area contributed by atoms with Crippen molar-refractivity contribution in [3.05, 3.63) is 16.9 Å². The standard InChI is InChI=1S/C8H10BrClN2O2S/c1-15-8-11-3-4(7(10)12-8)6(14)5(13)2-9/h3,5-6,13-14H,2H2,1H3. The van der Waals surface area contributed by atoms with Crippen LogP contribution in [-0.2, 0) is 0 Å². The normalized spacial score (nSPS) is 15.0. The number of aromatic nitrogens is 2. The quantitative estimate of drug-likeness (QED) is 0.383. The largest absolute Gasteiger partial charge is 0.389 e. The average Bonchev–Trinajstić information content (AvgIpc) is 2.26. The number of hydrogen-bond acceptors (Lipinski definition) is 5. The fourth-order valence-electron chi connectivity index (χ4n) is 0.944. The fourth-order valence-corrected chi connectivity index (χ4v) is 1.93. The van der Waals surface area contributed by atoms with Gasteiger partial charge in [0.1, 0.15) is 11.3 Å². The summed E-state index contributed by atoms with van der Waals surface area (Å²) in [5.74, 6) is 0. The van der Waals surface area contributed by atoms with Crippen molar-refractivity contribution in [3.63, 3.8) is 0 Å². The Balaban J connectivity index is 2.95. The molecule has 2 atom stereocenters. The molecule has 0 radical (unpaired) electrons. The molecule has 1 aromatic heterocycles. The van der Waals surface area contributed by atoms with Crippen molar-refractivity contribution in [1.82, 2.24) is 9.97 Å². The maximum atomic E-state index is 9.68. The molecule has 0 fully saturated rings. The highest BCUT2D eigenvalue weighted by molar-refractivity contribution is 9.09. The molecule has 1 aromatic rings. The molecule has 1 rings (SSSR count). The molecule has 0 saturated heterocycles. The van der Waals surface area contributed by atoms with E-state index in [0.29, 0.717) is 10.7 Å². The van der Waals surface area contributed by atoms with Crippen molar-refractivity contribution in [2.24, 2.45) is 0 Å². The van der Waals surface area contributed by atoms with Crippen molar-refractivity contribution < 1.29 is 10.2 Å². The van der Waals surface area contributed by atoms with Gasteiger partial charge >= 0.3 is 0 Å². The van der Waals surface area contributed by atoms with Gasteiger partial charge in [0, 0.05) is 17.1 Å². The van der Waals surface area contributed by atoms with E-state index in [9.17, 15) is 10.2 Å². The van der Waals surface area contributed by atoms with Crippen LogP contribution in [0.3, 0.4) is 0 Å². The van der Waals surface area contributed by atoms with Gasteiger partial charge < -0.3 is 10.2 Å². The number of nitrogens with zero attached hydrogens (tertiary/aromatic N) is 2. The van der Waals surface area contributed by atoms with E-state index in [-0.39, 0.29) is 10.5 Å². The smallest absolute Gasteiger partial charge is 0.188 e. The summed E-state index contributed by atoms with van der Waals surface area (Å²) in [4.78, 5) is 7.94. The summed E-state index contributed by atoms with van der Waals surface area (Å²) in [6.45, 7) is 0. The predicted molar refractivity (Wildman–Crippen MR) is 63.6 cm³/mol. The molecule has 0 amide bonds. The molecule has 7 heteroatoms. The van der Waals surface area contributed by atoms with Crippen molar-refractivity contribution in [2.45, 2.75) is 17.4 Å². The average molecular weight is 314 g/mol. The first-order valence-corrected chi connectivity index (χ1v) is 6.81. The van der Waals surface area contributed by atoms with Gasteiger partial charge in [-0.2, -0.15) is 0 Å². The lowest BCUT2D eigenvalue weighted by molar-refractivity contribution is 0.0338. The zero-order valence-corrected chi connectivity index (χ0v) is 11.1. The van der Waals surface area contributed by atoms with Gasteiger partial charge in [-0.05, 0) is 6.26 Å². The molecule has 1 heterocycles. The molecule has 0 spiro atoms. The maximum Gasteiger partial charge on any atom is 0.188 e. The highest BCUT2D eigenvalue weighted by atomic mass is 79.9. The van der Waals surface area contributed by atoms with E-state index >= 15 is 0 Å². The monoisotopic (exact) mass is 312 g/mol. The second-order valence-electron chi connectivity index (χ2n) is 2.77. The van der Waals surface area contributed by atoms with Crippen molar-refractivity contribution >= 4 is 39.3 Å². The van der Waals surface area contributed by atoms with E-state index in [1.54, 1.807) is 0 Å². The number of aliphatic hydroxyl groups is 2. The van der Waals surface area contributed by atoms with Crippen LogP contribution in [0.2, 0.25) is 5.15 Å². The minimum absolute atomic E-state index is 0.168. The molecule has 0 aliphatic rings. The molecule has 15 heavy (non-hydrogen) atoms. The first-order valence-electron chi connectivity index (χ1n) is 4.08. The fraction of sp³-hybridized carbons (Fsp3) is 0.500. The lowest BCUT2D eigenvalue weighted by Gasteiger charge is -2.16. The van der Waals surface area contributed by atoms with E-state index in [2.05, 4.69) is 25.9 Å². The van der Waals surface area contributed by atoms with Gasteiger partial charge in [0.15, 0.2) is 5.16 Å². The summed E-state index contributed by atoms with van der Waals surface area (Å²) in [5.41, 5.74) is 0.335. The summed E-state index contributed by atoms with van der Waals surface area (Å²) in [6.07, 6.45) is 1.26. The zero-order chi connectivity index (χ0) is 11.4. The molecule has 0 saturated carbocycles. The molecule has 84 valence electrons. The van der Waals surface area contributed by atoms with E-state index in [0.717, 1.165) is 0 Å². The van der Waals surface area contributed by atoms with Crippen LogP contribution in [0, 0.1) is 0 Å². The van der Waals surface area contributed by atoms with Gasteiger partial charge in [0.25, 0.3) is 0 Å². The summed E-state index contributed by atoms with van der Waals surface area (Å²) < 4.78 is 0. The third-order valence-corrected chi connectivity index (χ3v) is 3.30. The Bertz CT molecular complexity index is 342.